The van der Waals surface area contributed by atoms with E-state index in [1.807, 2.05) is 0 Å². The Morgan fingerprint density at radius 3 is 0.968 bits per heavy atom. The second kappa shape index (κ2) is 53.5. The molecule has 1 amide bonds. The predicted octanol–water partition coefficient (Wildman–Crippen LogP) is 17.5. The van der Waals surface area contributed by atoms with Gasteiger partial charge in [0, 0.05) is 12.8 Å². The Kier molecular flexibility index (Phi) is 52.5. The number of ether oxygens (including phenoxy) is 1. The third-order valence-corrected chi connectivity index (χ3v) is 13.7. The lowest BCUT2D eigenvalue weighted by atomic mass is 10.0. The number of nitrogens with one attached hydrogen (secondary N) is 1. The van der Waals surface area contributed by atoms with Crippen LogP contribution in [0.4, 0.5) is 0 Å². The topological polar surface area (TPSA) is 95.9 Å². The van der Waals surface area contributed by atoms with Crippen molar-refractivity contribution in [1.82, 2.24) is 5.32 Å². The summed E-state index contributed by atoms with van der Waals surface area (Å²) in [6.07, 6.45) is 60.8. The molecule has 6 heteroatoms. The summed E-state index contributed by atoms with van der Waals surface area (Å²) in [5, 5.41) is 23.3. The van der Waals surface area contributed by atoms with Crippen LogP contribution in [-0.4, -0.2) is 47.4 Å². The number of esters is 1. The molecule has 0 fully saturated rings. The molecule has 0 aromatic heterocycles. The molecule has 376 valence electrons. The van der Waals surface area contributed by atoms with E-state index in [9.17, 15) is 19.8 Å². The maximum absolute atomic E-state index is 12.5. The van der Waals surface area contributed by atoms with E-state index < -0.39 is 12.1 Å². The largest absolute Gasteiger partial charge is 0.466 e. The molecular weight excluding hydrogens is 779 g/mol. The summed E-state index contributed by atoms with van der Waals surface area (Å²) < 4.78 is 5.47. The van der Waals surface area contributed by atoms with Gasteiger partial charge in [0.15, 0.2) is 0 Å². The average Bonchev–Trinajstić information content (AvgIpc) is 3.28. The molecule has 0 aliphatic heterocycles. The molecule has 0 saturated carbocycles. The van der Waals surface area contributed by atoms with Gasteiger partial charge in [0.1, 0.15) is 0 Å². The summed E-state index contributed by atoms with van der Waals surface area (Å²) in [7, 11) is 0. The fourth-order valence-electron chi connectivity index (χ4n) is 9.23. The van der Waals surface area contributed by atoms with Crippen LogP contribution in [0.3, 0.4) is 0 Å². The van der Waals surface area contributed by atoms with Gasteiger partial charge in [-0.3, -0.25) is 9.59 Å². The zero-order valence-corrected chi connectivity index (χ0v) is 42.8. The Hall–Kier alpha value is -1.14. The zero-order chi connectivity index (χ0) is 45.8. The standard InChI is InChI=1S/C57H113NO5/c1-3-5-7-9-11-13-15-17-19-20-21-22-23-25-29-33-37-41-45-49-55(60)54(53-59)58-56(61)50-46-42-38-34-30-26-24-28-32-36-40-44-48-52-63-57(62)51-47-43-39-35-31-27-18-16-14-12-10-8-6-4-2/h54-55,59-60H,3-53H2,1-2H3,(H,58,61). The molecule has 6 nitrogen and oxygen atoms in total. The van der Waals surface area contributed by atoms with Crippen molar-refractivity contribution in [1.29, 1.82) is 0 Å². The van der Waals surface area contributed by atoms with Crippen LogP contribution in [0.15, 0.2) is 0 Å². The van der Waals surface area contributed by atoms with E-state index in [-0.39, 0.29) is 18.5 Å². The average molecular weight is 893 g/mol. The van der Waals surface area contributed by atoms with Crippen LogP contribution in [0.2, 0.25) is 0 Å². The van der Waals surface area contributed by atoms with Gasteiger partial charge in [-0.15, -0.1) is 0 Å². The molecule has 0 aliphatic carbocycles. The van der Waals surface area contributed by atoms with Crippen LogP contribution in [0, 0.1) is 0 Å². The van der Waals surface area contributed by atoms with Gasteiger partial charge < -0.3 is 20.3 Å². The van der Waals surface area contributed by atoms with Gasteiger partial charge >= 0.3 is 5.97 Å². The Morgan fingerprint density at radius 2 is 0.651 bits per heavy atom. The molecule has 3 N–H and O–H groups in total. The lowest BCUT2D eigenvalue weighted by Gasteiger charge is -2.22. The monoisotopic (exact) mass is 892 g/mol. The Morgan fingerprint density at radius 1 is 0.381 bits per heavy atom. The van der Waals surface area contributed by atoms with E-state index in [2.05, 4.69) is 19.2 Å². The molecule has 0 aromatic carbocycles. The van der Waals surface area contributed by atoms with Gasteiger partial charge in [-0.1, -0.05) is 290 Å². The fraction of sp³-hybridized carbons (Fsp3) is 0.965. The van der Waals surface area contributed by atoms with Crippen LogP contribution < -0.4 is 5.32 Å². The van der Waals surface area contributed by atoms with Crippen LogP contribution in [0.5, 0.6) is 0 Å². The number of carbonyl (C=O) groups excluding carboxylic acids is 2. The Bertz CT molecular complexity index is 898. The van der Waals surface area contributed by atoms with E-state index in [1.54, 1.807) is 0 Å². The molecule has 0 saturated heterocycles. The van der Waals surface area contributed by atoms with E-state index in [1.165, 1.54) is 244 Å². The van der Waals surface area contributed by atoms with E-state index in [0.29, 0.717) is 25.9 Å². The summed E-state index contributed by atoms with van der Waals surface area (Å²) >= 11 is 0. The minimum Gasteiger partial charge on any atom is -0.466 e. The molecular formula is C57H113NO5. The molecule has 2 atom stereocenters. The van der Waals surface area contributed by atoms with Crippen LogP contribution in [-0.2, 0) is 14.3 Å². The van der Waals surface area contributed by atoms with Crippen molar-refractivity contribution < 1.29 is 24.5 Å². The molecule has 0 aromatic rings. The first-order valence-electron chi connectivity index (χ1n) is 28.8. The van der Waals surface area contributed by atoms with E-state index >= 15 is 0 Å². The van der Waals surface area contributed by atoms with Crippen molar-refractivity contribution in [3.63, 3.8) is 0 Å². The van der Waals surface area contributed by atoms with Gasteiger partial charge in [0.05, 0.1) is 25.4 Å². The van der Waals surface area contributed by atoms with Gasteiger partial charge in [-0.25, -0.2) is 0 Å². The third-order valence-electron chi connectivity index (χ3n) is 13.7. The summed E-state index contributed by atoms with van der Waals surface area (Å²) in [4.78, 5) is 24.5. The van der Waals surface area contributed by atoms with Gasteiger partial charge in [-0.2, -0.15) is 0 Å². The van der Waals surface area contributed by atoms with E-state index in [0.717, 1.165) is 51.4 Å². The molecule has 0 spiro atoms. The van der Waals surface area contributed by atoms with Crippen molar-refractivity contribution >= 4 is 11.9 Å². The first kappa shape index (κ1) is 61.9. The van der Waals surface area contributed by atoms with Crippen molar-refractivity contribution in [3.8, 4) is 0 Å². The summed E-state index contributed by atoms with van der Waals surface area (Å²) in [6, 6.07) is -0.550. The number of aliphatic hydroxyl groups excluding tert-OH is 2. The number of hydrogen-bond donors (Lipinski definition) is 3. The Balaban J connectivity index is 3.43. The van der Waals surface area contributed by atoms with Gasteiger partial charge in [0.2, 0.25) is 5.91 Å². The van der Waals surface area contributed by atoms with Gasteiger partial charge in [-0.05, 0) is 25.7 Å². The first-order chi connectivity index (χ1) is 31.0. The number of carbonyl (C=O) groups is 2. The molecule has 0 heterocycles. The predicted molar refractivity (Wildman–Crippen MR) is 274 cm³/mol. The molecule has 0 rings (SSSR count). The fourth-order valence-corrected chi connectivity index (χ4v) is 9.23. The quantitative estimate of drug-likeness (QED) is 0.0418. The summed E-state index contributed by atoms with van der Waals surface area (Å²) in [6.45, 7) is 4.96. The maximum atomic E-state index is 12.5. The third kappa shape index (κ3) is 50.1. The minimum absolute atomic E-state index is 0.00194. The first-order valence-corrected chi connectivity index (χ1v) is 28.8. The molecule has 0 aliphatic rings. The lowest BCUT2D eigenvalue weighted by Crippen LogP contribution is -2.45. The maximum Gasteiger partial charge on any atom is 0.305 e. The van der Waals surface area contributed by atoms with Gasteiger partial charge in [0.25, 0.3) is 0 Å². The lowest BCUT2D eigenvalue weighted by molar-refractivity contribution is -0.143. The normalized spacial score (nSPS) is 12.5. The highest BCUT2D eigenvalue weighted by Gasteiger charge is 2.20. The summed E-state index contributed by atoms with van der Waals surface area (Å²) in [5.74, 6) is -0.0457. The van der Waals surface area contributed by atoms with Crippen molar-refractivity contribution in [2.24, 2.45) is 0 Å². The highest BCUT2D eigenvalue weighted by atomic mass is 16.5. The smallest absolute Gasteiger partial charge is 0.305 e. The molecule has 63 heavy (non-hydrogen) atoms. The number of amides is 1. The van der Waals surface area contributed by atoms with E-state index in [4.69, 9.17) is 4.74 Å². The summed E-state index contributed by atoms with van der Waals surface area (Å²) in [5.41, 5.74) is 0. The SMILES string of the molecule is CCCCCCCCCCCCCCCCCCCCCC(O)C(CO)NC(=O)CCCCCCCCCCCCCCCOC(=O)CCCCCCCCCCCCCCCC. The van der Waals surface area contributed by atoms with Crippen molar-refractivity contribution in [2.75, 3.05) is 13.2 Å². The zero-order valence-electron chi connectivity index (χ0n) is 42.8. The van der Waals surface area contributed by atoms with Crippen molar-refractivity contribution in [2.45, 2.75) is 341 Å². The highest BCUT2D eigenvalue weighted by Crippen LogP contribution is 2.18. The number of hydrogen-bond acceptors (Lipinski definition) is 5. The van der Waals surface area contributed by atoms with Crippen LogP contribution in [0.25, 0.3) is 0 Å². The molecule has 0 bridgehead atoms. The molecule has 0 radical (unpaired) electrons. The highest BCUT2D eigenvalue weighted by molar-refractivity contribution is 5.76. The number of unbranched alkanes of at least 4 members (excludes halogenated alkanes) is 43. The van der Waals surface area contributed by atoms with Crippen LogP contribution >= 0.6 is 0 Å². The molecule has 2 unspecified atom stereocenters. The second-order valence-electron chi connectivity index (χ2n) is 20.0. The van der Waals surface area contributed by atoms with Crippen molar-refractivity contribution in [3.05, 3.63) is 0 Å². The second-order valence-corrected chi connectivity index (χ2v) is 20.0. The number of rotatable bonds is 54. The Labute approximate surface area is 394 Å². The number of aliphatic hydroxyl groups is 2. The van der Waals surface area contributed by atoms with Crippen LogP contribution in [0.1, 0.15) is 328 Å². The minimum atomic E-state index is -0.672.